The number of nitrogens with zero attached hydrogens (tertiary/aromatic N) is 2. The van der Waals surface area contributed by atoms with Crippen molar-refractivity contribution in [1.82, 2.24) is 10.1 Å². The summed E-state index contributed by atoms with van der Waals surface area (Å²) in [5, 5.41) is 7.22. The molecule has 0 spiro atoms. The van der Waals surface area contributed by atoms with Crippen LogP contribution in [0.15, 0.2) is 34.9 Å². The second-order valence-electron chi connectivity index (χ2n) is 5.31. The first-order valence-corrected chi connectivity index (χ1v) is 6.38. The van der Waals surface area contributed by atoms with Gasteiger partial charge in [-0.1, -0.05) is 31.5 Å². The van der Waals surface area contributed by atoms with Crippen LogP contribution >= 0.6 is 0 Å². The van der Waals surface area contributed by atoms with E-state index in [-0.39, 0.29) is 0 Å². The van der Waals surface area contributed by atoms with Crippen LogP contribution in [0.1, 0.15) is 26.2 Å². The van der Waals surface area contributed by atoms with Gasteiger partial charge in [-0.25, -0.2) is 0 Å². The molecule has 4 heteroatoms. The van der Waals surface area contributed by atoms with Crippen LogP contribution in [0.5, 0.6) is 0 Å². The van der Waals surface area contributed by atoms with Crippen molar-refractivity contribution in [1.29, 1.82) is 0 Å². The minimum atomic E-state index is 0.410. The van der Waals surface area contributed by atoms with Crippen molar-refractivity contribution in [3.8, 4) is 11.5 Å². The number of hydrogen-bond acceptors (Lipinski definition) is 4. The van der Waals surface area contributed by atoms with Gasteiger partial charge in [0, 0.05) is 12.1 Å². The van der Waals surface area contributed by atoms with Crippen molar-refractivity contribution in [2.45, 2.75) is 26.2 Å². The maximum atomic E-state index is 5.24. The molecule has 1 aliphatic rings. The minimum Gasteiger partial charge on any atom is -0.351 e. The molecule has 2 aromatic rings. The zero-order valence-electron chi connectivity index (χ0n) is 10.5. The van der Waals surface area contributed by atoms with Crippen molar-refractivity contribution in [3.63, 3.8) is 0 Å². The van der Waals surface area contributed by atoms with Crippen LogP contribution in [-0.4, -0.2) is 16.7 Å². The van der Waals surface area contributed by atoms with E-state index in [0.29, 0.717) is 17.3 Å². The fraction of sp³-hybridized carbons (Fsp3) is 0.429. The van der Waals surface area contributed by atoms with Crippen LogP contribution < -0.4 is 5.32 Å². The second kappa shape index (κ2) is 4.44. The van der Waals surface area contributed by atoms with Crippen molar-refractivity contribution in [3.05, 3.63) is 30.3 Å². The van der Waals surface area contributed by atoms with Crippen LogP contribution in [-0.2, 0) is 0 Å². The minimum absolute atomic E-state index is 0.410. The van der Waals surface area contributed by atoms with E-state index in [9.17, 15) is 0 Å². The molecule has 0 unspecified atom stereocenters. The Morgan fingerprint density at radius 1 is 1.28 bits per heavy atom. The summed E-state index contributed by atoms with van der Waals surface area (Å²) in [6.07, 6.45) is 3.90. The lowest BCUT2D eigenvalue weighted by Crippen LogP contribution is -2.33. The lowest BCUT2D eigenvalue weighted by atomic mass is 9.70. The average Bonchev–Trinajstić information content (AvgIpc) is 2.84. The van der Waals surface area contributed by atoms with E-state index in [1.54, 1.807) is 0 Å². The summed E-state index contributed by atoms with van der Waals surface area (Å²) in [6.45, 7) is 3.21. The maximum Gasteiger partial charge on any atom is 0.263 e. The molecule has 1 aliphatic carbocycles. The third-order valence-corrected chi connectivity index (χ3v) is 3.68. The van der Waals surface area contributed by atoms with Crippen molar-refractivity contribution < 1.29 is 4.52 Å². The van der Waals surface area contributed by atoms with E-state index in [1.807, 2.05) is 30.3 Å². The Morgan fingerprint density at radius 3 is 2.72 bits per heavy atom. The summed E-state index contributed by atoms with van der Waals surface area (Å²) in [5.74, 6) is 1.15. The van der Waals surface area contributed by atoms with E-state index in [4.69, 9.17) is 4.52 Å². The standard InChI is InChI=1S/C14H17N3O/c1-14(8-5-9-14)10-15-13-16-12(18-17-13)11-6-3-2-4-7-11/h2-4,6-7H,5,8-10H2,1H3,(H,15,17). The van der Waals surface area contributed by atoms with Crippen LogP contribution in [0.3, 0.4) is 0 Å². The smallest absolute Gasteiger partial charge is 0.263 e. The molecule has 1 N–H and O–H groups in total. The zero-order chi connectivity index (χ0) is 12.4. The van der Waals surface area contributed by atoms with Crippen molar-refractivity contribution in [2.75, 3.05) is 11.9 Å². The fourth-order valence-electron chi connectivity index (χ4n) is 2.24. The van der Waals surface area contributed by atoms with Crippen LogP contribution in [0.2, 0.25) is 0 Å². The van der Waals surface area contributed by atoms with E-state index in [1.165, 1.54) is 19.3 Å². The van der Waals surface area contributed by atoms with E-state index in [2.05, 4.69) is 22.4 Å². The SMILES string of the molecule is CC1(CNc2noc(-c3ccccc3)n2)CCC1. The van der Waals surface area contributed by atoms with Gasteiger partial charge in [0.15, 0.2) is 0 Å². The number of benzene rings is 1. The summed E-state index contributed by atoms with van der Waals surface area (Å²) in [5.41, 5.74) is 1.36. The van der Waals surface area contributed by atoms with Gasteiger partial charge in [0.2, 0.25) is 0 Å². The summed E-state index contributed by atoms with van der Waals surface area (Å²) in [6, 6.07) is 9.82. The quantitative estimate of drug-likeness (QED) is 0.894. The topological polar surface area (TPSA) is 51.0 Å². The van der Waals surface area contributed by atoms with Gasteiger partial charge in [-0.05, 0) is 35.5 Å². The highest BCUT2D eigenvalue weighted by molar-refractivity contribution is 5.53. The van der Waals surface area contributed by atoms with Gasteiger partial charge in [0.25, 0.3) is 11.8 Å². The van der Waals surface area contributed by atoms with Crippen LogP contribution in [0.25, 0.3) is 11.5 Å². The van der Waals surface area contributed by atoms with Gasteiger partial charge in [-0.2, -0.15) is 4.98 Å². The van der Waals surface area contributed by atoms with Crippen molar-refractivity contribution >= 4 is 5.95 Å². The molecular formula is C14H17N3O. The highest BCUT2D eigenvalue weighted by Gasteiger charge is 2.31. The molecule has 94 valence electrons. The molecule has 0 saturated heterocycles. The monoisotopic (exact) mass is 243 g/mol. The predicted molar refractivity (Wildman–Crippen MR) is 70.2 cm³/mol. The summed E-state index contributed by atoms with van der Waals surface area (Å²) >= 11 is 0. The number of rotatable bonds is 4. The largest absolute Gasteiger partial charge is 0.351 e. The highest BCUT2D eigenvalue weighted by atomic mass is 16.5. The molecule has 4 nitrogen and oxygen atoms in total. The number of nitrogens with one attached hydrogen (secondary N) is 1. The molecule has 0 aliphatic heterocycles. The van der Waals surface area contributed by atoms with E-state index in [0.717, 1.165) is 12.1 Å². The Kier molecular flexibility index (Phi) is 2.78. The molecule has 0 bridgehead atoms. The van der Waals surface area contributed by atoms with E-state index >= 15 is 0 Å². The van der Waals surface area contributed by atoms with Gasteiger partial charge < -0.3 is 9.84 Å². The molecule has 1 aromatic heterocycles. The third kappa shape index (κ3) is 2.23. The zero-order valence-corrected chi connectivity index (χ0v) is 10.5. The first kappa shape index (κ1) is 11.3. The number of hydrogen-bond donors (Lipinski definition) is 1. The molecule has 3 rings (SSSR count). The van der Waals surface area contributed by atoms with Gasteiger partial charge in [0.1, 0.15) is 0 Å². The summed E-state index contributed by atoms with van der Waals surface area (Å²) in [7, 11) is 0. The number of aromatic nitrogens is 2. The lowest BCUT2D eigenvalue weighted by molar-refractivity contribution is 0.179. The Hall–Kier alpha value is -1.84. The van der Waals surface area contributed by atoms with Crippen LogP contribution in [0, 0.1) is 5.41 Å². The molecule has 0 atom stereocenters. The molecule has 0 amide bonds. The predicted octanol–water partition coefficient (Wildman–Crippen LogP) is 3.34. The average molecular weight is 243 g/mol. The second-order valence-corrected chi connectivity index (χ2v) is 5.31. The molecular weight excluding hydrogens is 226 g/mol. The number of anilines is 1. The van der Waals surface area contributed by atoms with Gasteiger partial charge in [-0.3, -0.25) is 0 Å². The van der Waals surface area contributed by atoms with E-state index < -0.39 is 0 Å². The van der Waals surface area contributed by atoms with Gasteiger partial charge in [0.05, 0.1) is 0 Å². The molecule has 18 heavy (non-hydrogen) atoms. The first-order valence-electron chi connectivity index (χ1n) is 6.38. The third-order valence-electron chi connectivity index (χ3n) is 3.68. The molecule has 1 heterocycles. The summed E-state index contributed by atoms with van der Waals surface area (Å²) in [4.78, 5) is 4.35. The Bertz CT molecular complexity index is 517. The molecule has 1 fully saturated rings. The van der Waals surface area contributed by atoms with Crippen molar-refractivity contribution in [2.24, 2.45) is 5.41 Å². The first-order chi connectivity index (χ1) is 8.75. The van der Waals surface area contributed by atoms with Gasteiger partial charge in [-0.15, -0.1) is 0 Å². The maximum absolute atomic E-state index is 5.24. The summed E-state index contributed by atoms with van der Waals surface area (Å²) < 4.78 is 5.24. The normalized spacial score (nSPS) is 17.2. The molecule has 1 aromatic carbocycles. The Labute approximate surface area is 106 Å². The van der Waals surface area contributed by atoms with Gasteiger partial charge >= 0.3 is 0 Å². The van der Waals surface area contributed by atoms with Crippen LogP contribution in [0.4, 0.5) is 5.95 Å². The lowest BCUT2D eigenvalue weighted by Gasteiger charge is -2.38. The highest BCUT2D eigenvalue weighted by Crippen LogP contribution is 2.40. The molecule has 0 radical (unpaired) electrons. The fourth-order valence-corrected chi connectivity index (χ4v) is 2.24. The Balaban J connectivity index is 1.66. The Morgan fingerprint density at radius 2 is 2.06 bits per heavy atom. The molecule has 1 saturated carbocycles.